The van der Waals surface area contributed by atoms with Crippen molar-refractivity contribution in [2.75, 3.05) is 42.8 Å². The maximum atomic E-state index is 12.3. The van der Waals surface area contributed by atoms with Gasteiger partial charge in [-0.05, 0) is 61.7 Å². The molecule has 28 heavy (non-hydrogen) atoms. The predicted molar refractivity (Wildman–Crippen MR) is 111 cm³/mol. The first-order valence-electron chi connectivity index (χ1n) is 9.15. The monoisotopic (exact) mass is 400 g/mol. The summed E-state index contributed by atoms with van der Waals surface area (Å²) in [7, 11) is 0. The number of ether oxygens (including phenoxy) is 2. The van der Waals surface area contributed by atoms with Crippen LogP contribution >= 0.6 is 11.8 Å². The molecule has 1 aliphatic rings. The number of esters is 1. The molecule has 1 fully saturated rings. The van der Waals surface area contributed by atoms with Gasteiger partial charge in [0, 0.05) is 29.4 Å². The average molecular weight is 401 g/mol. The van der Waals surface area contributed by atoms with Crippen LogP contribution in [0.3, 0.4) is 0 Å². The molecule has 6 nitrogen and oxygen atoms in total. The molecule has 1 N–H and O–H groups in total. The highest BCUT2D eigenvalue weighted by Gasteiger charge is 2.19. The third kappa shape index (κ3) is 5.27. The summed E-state index contributed by atoms with van der Waals surface area (Å²) in [5.41, 5.74) is 2.18. The van der Waals surface area contributed by atoms with E-state index in [-0.39, 0.29) is 5.91 Å². The largest absolute Gasteiger partial charge is 0.449 e. The average Bonchev–Trinajstić information content (AvgIpc) is 2.75. The van der Waals surface area contributed by atoms with Gasteiger partial charge in [-0.15, -0.1) is 11.8 Å². The third-order valence-electron chi connectivity index (χ3n) is 4.49. The van der Waals surface area contributed by atoms with Gasteiger partial charge in [-0.1, -0.05) is 0 Å². The topological polar surface area (TPSA) is 67.9 Å². The zero-order chi connectivity index (χ0) is 19.9. The van der Waals surface area contributed by atoms with E-state index in [2.05, 4.69) is 10.2 Å². The van der Waals surface area contributed by atoms with Gasteiger partial charge in [-0.25, -0.2) is 4.79 Å². The number of benzene rings is 2. The molecule has 7 heteroatoms. The molecule has 0 radical (unpaired) electrons. The number of nitrogens with one attached hydrogen (secondary N) is 1. The Morgan fingerprint density at radius 2 is 1.71 bits per heavy atom. The second-order valence-electron chi connectivity index (χ2n) is 6.41. The lowest BCUT2D eigenvalue weighted by Gasteiger charge is -2.28. The van der Waals surface area contributed by atoms with Gasteiger partial charge in [-0.2, -0.15) is 0 Å². The van der Waals surface area contributed by atoms with Gasteiger partial charge in [0.1, 0.15) is 0 Å². The van der Waals surface area contributed by atoms with Crippen molar-refractivity contribution in [1.82, 2.24) is 0 Å². The number of amides is 1. The van der Waals surface area contributed by atoms with Gasteiger partial charge in [0.25, 0.3) is 5.91 Å². The molecule has 2 aromatic carbocycles. The molecule has 0 saturated carbocycles. The van der Waals surface area contributed by atoms with Crippen LogP contribution in [0.2, 0.25) is 0 Å². The van der Waals surface area contributed by atoms with E-state index >= 15 is 0 Å². The Bertz CT molecular complexity index is 802. The van der Waals surface area contributed by atoms with Crippen molar-refractivity contribution in [3.63, 3.8) is 0 Å². The molecule has 0 unspecified atom stereocenters. The first-order valence-corrected chi connectivity index (χ1v) is 10.4. The molecule has 1 atom stereocenters. The van der Waals surface area contributed by atoms with Crippen LogP contribution in [-0.2, 0) is 14.3 Å². The maximum Gasteiger partial charge on any atom is 0.338 e. The van der Waals surface area contributed by atoms with Crippen LogP contribution in [0, 0.1) is 0 Å². The lowest BCUT2D eigenvalue weighted by molar-refractivity contribution is -0.123. The van der Waals surface area contributed by atoms with E-state index in [9.17, 15) is 9.59 Å². The predicted octanol–water partition coefficient (Wildman–Crippen LogP) is 3.43. The Morgan fingerprint density at radius 3 is 2.32 bits per heavy atom. The SMILES string of the molecule is CSc1ccc(C(=O)O[C@H](C)C(=O)Nc2ccc(N3CCOCC3)cc2)cc1. The van der Waals surface area contributed by atoms with E-state index in [4.69, 9.17) is 9.47 Å². The lowest BCUT2D eigenvalue weighted by atomic mass is 10.2. The Morgan fingerprint density at radius 1 is 1.07 bits per heavy atom. The number of rotatable bonds is 6. The highest BCUT2D eigenvalue weighted by molar-refractivity contribution is 7.98. The second-order valence-corrected chi connectivity index (χ2v) is 7.29. The van der Waals surface area contributed by atoms with Crippen LogP contribution in [0.1, 0.15) is 17.3 Å². The van der Waals surface area contributed by atoms with E-state index in [0.29, 0.717) is 11.3 Å². The summed E-state index contributed by atoms with van der Waals surface area (Å²) in [6.45, 7) is 4.72. The van der Waals surface area contributed by atoms with Crippen molar-refractivity contribution < 1.29 is 19.1 Å². The van der Waals surface area contributed by atoms with E-state index in [0.717, 1.165) is 36.9 Å². The van der Waals surface area contributed by atoms with Crippen molar-refractivity contribution >= 4 is 35.0 Å². The molecule has 0 bridgehead atoms. The molecule has 1 amide bonds. The zero-order valence-electron chi connectivity index (χ0n) is 16.0. The van der Waals surface area contributed by atoms with E-state index in [1.165, 1.54) is 0 Å². The van der Waals surface area contributed by atoms with Gasteiger partial charge < -0.3 is 19.7 Å². The van der Waals surface area contributed by atoms with E-state index in [1.807, 2.05) is 42.7 Å². The van der Waals surface area contributed by atoms with Gasteiger partial charge >= 0.3 is 5.97 Å². The molecule has 1 heterocycles. The van der Waals surface area contributed by atoms with Crippen LogP contribution in [0.15, 0.2) is 53.4 Å². The molecular weight excluding hydrogens is 376 g/mol. The molecule has 1 saturated heterocycles. The summed E-state index contributed by atoms with van der Waals surface area (Å²) < 4.78 is 10.6. The van der Waals surface area contributed by atoms with Gasteiger partial charge in [0.05, 0.1) is 18.8 Å². The number of carbonyl (C=O) groups excluding carboxylic acids is 2. The molecule has 2 aromatic rings. The maximum absolute atomic E-state index is 12.3. The number of nitrogens with zero attached hydrogens (tertiary/aromatic N) is 1. The summed E-state index contributed by atoms with van der Waals surface area (Å²) in [4.78, 5) is 27.9. The number of hydrogen-bond acceptors (Lipinski definition) is 6. The van der Waals surface area contributed by atoms with Crippen molar-refractivity contribution in [3.05, 3.63) is 54.1 Å². The van der Waals surface area contributed by atoms with Gasteiger partial charge in [0.15, 0.2) is 6.10 Å². The third-order valence-corrected chi connectivity index (χ3v) is 5.23. The van der Waals surface area contributed by atoms with Crippen molar-refractivity contribution in [2.45, 2.75) is 17.9 Å². The summed E-state index contributed by atoms with van der Waals surface area (Å²) in [5.74, 6) is -0.883. The molecule has 0 spiro atoms. The highest BCUT2D eigenvalue weighted by atomic mass is 32.2. The number of carbonyl (C=O) groups is 2. The minimum absolute atomic E-state index is 0.367. The molecule has 1 aliphatic heterocycles. The Kier molecular flexibility index (Phi) is 6.95. The Hall–Kier alpha value is -2.51. The van der Waals surface area contributed by atoms with Crippen molar-refractivity contribution in [3.8, 4) is 0 Å². The highest BCUT2D eigenvalue weighted by Crippen LogP contribution is 2.20. The molecule has 148 valence electrons. The normalized spacial score (nSPS) is 15.0. The van der Waals surface area contributed by atoms with Crippen LogP contribution in [0.5, 0.6) is 0 Å². The summed E-state index contributed by atoms with van der Waals surface area (Å²) in [6, 6.07) is 14.7. The summed E-state index contributed by atoms with van der Waals surface area (Å²) in [5, 5.41) is 2.78. The minimum atomic E-state index is -0.897. The zero-order valence-corrected chi connectivity index (χ0v) is 16.8. The van der Waals surface area contributed by atoms with Crippen LogP contribution in [-0.4, -0.2) is 50.5 Å². The molecule has 0 aromatic heterocycles. The molecule has 0 aliphatic carbocycles. The Labute approximate surface area is 169 Å². The van der Waals surface area contributed by atoms with Gasteiger partial charge in [-0.3, -0.25) is 4.79 Å². The number of anilines is 2. The minimum Gasteiger partial charge on any atom is -0.449 e. The van der Waals surface area contributed by atoms with Crippen LogP contribution in [0.25, 0.3) is 0 Å². The van der Waals surface area contributed by atoms with Crippen molar-refractivity contribution in [2.24, 2.45) is 0 Å². The lowest BCUT2D eigenvalue weighted by Crippen LogP contribution is -2.36. The second kappa shape index (κ2) is 9.61. The number of morpholine rings is 1. The Balaban J connectivity index is 1.53. The standard InChI is InChI=1S/C21H24N2O4S/c1-15(27-21(25)16-3-9-19(28-2)10-4-16)20(24)22-17-5-7-18(8-6-17)23-11-13-26-14-12-23/h3-10,15H,11-14H2,1-2H3,(H,22,24)/t15-/m1/s1. The quantitative estimate of drug-likeness (QED) is 0.592. The first kappa shape index (κ1) is 20.2. The first-order chi connectivity index (χ1) is 13.6. The number of hydrogen-bond donors (Lipinski definition) is 1. The summed E-state index contributed by atoms with van der Waals surface area (Å²) >= 11 is 1.59. The molecular formula is C21H24N2O4S. The van der Waals surface area contributed by atoms with E-state index in [1.54, 1.807) is 30.8 Å². The van der Waals surface area contributed by atoms with Crippen molar-refractivity contribution in [1.29, 1.82) is 0 Å². The van der Waals surface area contributed by atoms with E-state index < -0.39 is 12.1 Å². The summed E-state index contributed by atoms with van der Waals surface area (Å²) in [6.07, 6.45) is 1.07. The van der Waals surface area contributed by atoms with Crippen LogP contribution in [0.4, 0.5) is 11.4 Å². The van der Waals surface area contributed by atoms with Crippen LogP contribution < -0.4 is 10.2 Å². The number of thioether (sulfide) groups is 1. The fourth-order valence-electron chi connectivity index (χ4n) is 2.83. The van der Waals surface area contributed by atoms with Gasteiger partial charge in [0.2, 0.25) is 0 Å². The molecule has 3 rings (SSSR count). The fraction of sp³-hybridized carbons (Fsp3) is 0.333. The fourth-order valence-corrected chi connectivity index (χ4v) is 3.24. The smallest absolute Gasteiger partial charge is 0.338 e.